The molecule has 0 aliphatic rings. The Morgan fingerprint density at radius 3 is 2.88 bits per heavy atom. The van der Waals surface area contributed by atoms with Gasteiger partial charge in [0.2, 0.25) is 5.91 Å². The van der Waals surface area contributed by atoms with Crippen LogP contribution in [0.3, 0.4) is 0 Å². The van der Waals surface area contributed by atoms with Gasteiger partial charge in [-0.2, -0.15) is 4.68 Å². The van der Waals surface area contributed by atoms with E-state index in [0.717, 1.165) is 21.0 Å². The molecule has 0 atom stereocenters. The first kappa shape index (κ1) is 15.2. The number of carbonyl (C=O) groups is 1. The van der Waals surface area contributed by atoms with Crippen molar-refractivity contribution < 1.29 is 9.72 Å². The zero-order chi connectivity index (χ0) is 17.4. The van der Waals surface area contributed by atoms with Crippen LogP contribution < -0.4 is 5.32 Å². The van der Waals surface area contributed by atoms with Gasteiger partial charge in [-0.05, 0) is 16.4 Å². The molecule has 124 valence electrons. The molecule has 25 heavy (non-hydrogen) atoms. The number of aromatic nitrogens is 3. The first-order valence-electron chi connectivity index (χ1n) is 7.36. The summed E-state index contributed by atoms with van der Waals surface area (Å²) in [6.07, 6.45) is 1.39. The lowest BCUT2D eigenvalue weighted by Gasteiger charge is -1.98. The molecule has 1 N–H and O–H groups in total. The van der Waals surface area contributed by atoms with E-state index in [2.05, 4.69) is 15.4 Å². The normalized spacial score (nSPS) is 11.0. The first-order valence-corrected chi connectivity index (χ1v) is 8.18. The number of rotatable bonds is 4. The minimum Gasteiger partial charge on any atom is -0.358 e. The molecule has 2 aromatic carbocycles. The molecule has 8 nitrogen and oxygen atoms in total. The zero-order valence-corrected chi connectivity index (χ0v) is 13.6. The number of nitro groups is 1. The molecule has 0 unspecified atom stereocenters. The second-order valence-corrected chi connectivity index (χ2v) is 6.36. The van der Waals surface area contributed by atoms with E-state index in [4.69, 9.17) is 0 Å². The van der Waals surface area contributed by atoms with E-state index in [9.17, 15) is 14.9 Å². The van der Waals surface area contributed by atoms with Crippen molar-refractivity contribution in [1.82, 2.24) is 14.8 Å². The maximum atomic E-state index is 12.1. The molecule has 9 heteroatoms. The van der Waals surface area contributed by atoms with Crippen molar-refractivity contribution in [1.29, 1.82) is 0 Å². The maximum absolute atomic E-state index is 12.1. The van der Waals surface area contributed by atoms with Crippen LogP contribution >= 0.6 is 11.3 Å². The lowest BCUT2D eigenvalue weighted by atomic mass is 10.1. The number of hydrogen-bond donors (Lipinski definition) is 1. The smallest absolute Gasteiger partial charge is 0.358 e. The maximum Gasteiger partial charge on any atom is 0.389 e. The van der Waals surface area contributed by atoms with Crippen LogP contribution in [-0.2, 0) is 11.3 Å². The van der Waals surface area contributed by atoms with Gasteiger partial charge in [-0.3, -0.25) is 4.79 Å². The van der Waals surface area contributed by atoms with Gasteiger partial charge in [0.25, 0.3) is 0 Å². The van der Waals surface area contributed by atoms with Crippen molar-refractivity contribution in [3.05, 3.63) is 58.8 Å². The van der Waals surface area contributed by atoms with Crippen LogP contribution in [0.25, 0.3) is 21.0 Å². The van der Waals surface area contributed by atoms with Crippen LogP contribution in [0.2, 0.25) is 0 Å². The Balaban J connectivity index is 1.56. The number of thiazole rings is 1. The Kier molecular flexibility index (Phi) is 3.62. The molecule has 4 aromatic rings. The van der Waals surface area contributed by atoms with Crippen LogP contribution in [0.15, 0.2) is 48.7 Å². The average molecular weight is 353 g/mol. The fourth-order valence-corrected chi connectivity index (χ4v) is 3.46. The second-order valence-electron chi connectivity index (χ2n) is 5.33. The number of nitrogens with zero attached hydrogens (tertiary/aromatic N) is 4. The number of fused-ring (bicyclic) bond motifs is 3. The van der Waals surface area contributed by atoms with E-state index < -0.39 is 4.92 Å². The van der Waals surface area contributed by atoms with Crippen LogP contribution in [0.5, 0.6) is 0 Å². The molecule has 0 spiro atoms. The molecule has 0 radical (unpaired) electrons. The monoisotopic (exact) mass is 353 g/mol. The Labute approximate surface area is 144 Å². The van der Waals surface area contributed by atoms with E-state index in [1.54, 1.807) is 0 Å². The molecule has 0 saturated carbocycles. The SMILES string of the molecule is O=C(Cn1ccc([N+](=O)[O-])n1)Nc1nc2c(ccc3ccccc32)s1. The molecule has 0 aliphatic carbocycles. The number of benzene rings is 2. The van der Waals surface area contributed by atoms with E-state index in [0.29, 0.717) is 5.13 Å². The van der Waals surface area contributed by atoms with Gasteiger partial charge in [-0.25, -0.2) is 4.98 Å². The number of carbonyl (C=O) groups excluding carboxylic acids is 1. The van der Waals surface area contributed by atoms with E-state index in [1.807, 2.05) is 36.4 Å². The van der Waals surface area contributed by atoms with Crippen molar-refractivity contribution in [2.75, 3.05) is 5.32 Å². The Hall–Kier alpha value is -3.33. The van der Waals surface area contributed by atoms with Crippen LogP contribution in [0.4, 0.5) is 10.9 Å². The van der Waals surface area contributed by atoms with Crippen molar-refractivity contribution in [2.45, 2.75) is 6.54 Å². The quantitative estimate of drug-likeness (QED) is 0.448. The highest BCUT2D eigenvalue weighted by atomic mass is 32.1. The predicted octanol–water partition coefficient (Wildman–Crippen LogP) is 3.19. The van der Waals surface area contributed by atoms with Gasteiger partial charge in [-0.1, -0.05) is 41.7 Å². The van der Waals surface area contributed by atoms with Crippen LogP contribution in [0.1, 0.15) is 0 Å². The highest BCUT2D eigenvalue weighted by Crippen LogP contribution is 2.31. The molecular weight excluding hydrogens is 342 g/mol. The Morgan fingerprint density at radius 1 is 1.24 bits per heavy atom. The third-order valence-electron chi connectivity index (χ3n) is 3.65. The minimum atomic E-state index is -0.604. The van der Waals surface area contributed by atoms with Crippen LogP contribution in [0, 0.1) is 10.1 Å². The molecule has 0 bridgehead atoms. The molecule has 1 amide bonds. The van der Waals surface area contributed by atoms with Gasteiger partial charge in [0, 0.05) is 5.39 Å². The van der Waals surface area contributed by atoms with Crippen molar-refractivity contribution in [3.63, 3.8) is 0 Å². The summed E-state index contributed by atoms with van der Waals surface area (Å²) >= 11 is 1.38. The standard InChI is InChI=1S/C16H11N5O3S/c22-14(9-20-8-7-13(19-20)21(23)24)17-16-18-15-11-4-2-1-3-10(11)5-6-12(15)25-16/h1-8H,9H2,(H,17,18,22). The minimum absolute atomic E-state index is 0.121. The van der Waals surface area contributed by atoms with Gasteiger partial charge in [-0.15, -0.1) is 0 Å². The lowest BCUT2D eigenvalue weighted by Crippen LogP contribution is -2.19. The summed E-state index contributed by atoms with van der Waals surface area (Å²) in [5.41, 5.74) is 0.841. The first-order chi connectivity index (χ1) is 12.1. The summed E-state index contributed by atoms with van der Waals surface area (Å²) < 4.78 is 2.19. The van der Waals surface area contributed by atoms with E-state index in [1.165, 1.54) is 28.3 Å². The van der Waals surface area contributed by atoms with Gasteiger partial charge < -0.3 is 15.4 Å². The second kappa shape index (κ2) is 5.95. The predicted molar refractivity (Wildman–Crippen MR) is 94.6 cm³/mol. The topological polar surface area (TPSA) is 103 Å². The molecule has 0 aliphatic heterocycles. The van der Waals surface area contributed by atoms with Gasteiger partial charge in [0.05, 0.1) is 27.6 Å². The zero-order valence-electron chi connectivity index (χ0n) is 12.7. The third-order valence-corrected chi connectivity index (χ3v) is 4.59. The summed E-state index contributed by atoms with van der Waals surface area (Å²) in [5.74, 6) is -0.638. The molecule has 0 saturated heterocycles. The van der Waals surface area contributed by atoms with Gasteiger partial charge in [0.15, 0.2) is 5.13 Å². The number of nitrogens with one attached hydrogen (secondary N) is 1. The summed E-state index contributed by atoms with van der Waals surface area (Å²) in [5, 5.41) is 19.7. The number of hydrogen-bond acceptors (Lipinski definition) is 6. The molecule has 2 heterocycles. The highest BCUT2D eigenvalue weighted by Gasteiger charge is 2.15. The summed E-state index contributed by atoms with van der Waals surface area (Å²) in [6.45, 7) is -0.121. The highest BCUT2D eigenvalue weighted by molar-refractivity contribution is 7.22. The third kappa shape index (κ3) is 2.92. The number of amides is 1. The Bertz CT molecular complexity index is 1120. The van der Waals surface area contributed by atoms with Gasteiger partial charge >= 0.3 is 5.82 Å². The van der Waals surface area contributed by atoms with Gasteiger partial charge in [0.1, 0.15) is 6.54 Å². The fraction of sp³-hybridized carbons (Fsp3) is 0.0625. The van der Waals surface area contributed by atoms with E-state index in [-0.39, 0.29) is 18.3 Å². The van der Waals surface area contributed by atoms with Crippen LogP contribution in [-0.4, -0.2) is 25.6 Å². The Morgan fingerprint density at radius 2 is 2.08 bits per heavy atom. The molecular formula is C16H11N5O3S. The molecule has 0 fully saturated rings. The summed E-state index contributed by atoms with van der Waals surface area (Å²) in [7, 11) is 0. The fourth-order valence-electron chi connectivity index (χ4n) is 2.56. The largest absolute Gasteiger partial charge is 0.389 e. The summed E-state index contributed by atoms with van der Waals surface area (Å²) in [4.78, 5) is 26.6. The van der Waals surface area contributed by atoms with Crippen molar-refractivity contribution in [3.8, 4) is 0 Å². The molecule has 2 aromatic heterocycles. The lowest BCUT2D eigenvalue weighted by molar-refractivity contribution is -0.389. The van der Waals surface area contributed by atoms with Crippen molar-refractivity contribution in [2.24, 2.45) is 0 Å². The average Bonchev–Trinajstić information content (AvgIpc) is 3.21. The molecule has 4 rings (SSSR count). The van der Waals surface area contributed by atoms with E-state index >= 15 is 0 Å². The van der Waals surface area contributed by atoms with Crippen molar-refractivity contribution >= 4 is 49.2 Å². The number of anilines is 1. The summed E-state index contributed by atoms with van der Waals surface area (Å²) in [6, 6.07) is 13.2.